The van der Waals surface area contributed by atoms with Crippen molar-refractivity contribution in [2.45, 2.75) is 46.3 Å². The number of morpholine rings is 1. The van der Waals surface area contributed by atoms with E-state index < -0.39 is 0 Å². The summed E-state index contributed by atoms with van der Waals surface area (Å²) in [4.78, 5) is 0. The van der Waals surface area contributed by atoms with Crippen LogP contribution in [0.3, 0.4) is 0 Å². The molecular formula is C16H25NO. The molecule has 1 aromatic rings. The van der Waals surface area contributed by atoms with Gasteiger partial charge in [0.15, 0.2) is 0 Å². The predicted molar refractivity (Wildman–Crippen MR) is 75.9 cm³/mol. The Morgan fingerprint density at radius 1 is 1.33 bits per heavy atom. The van der Waals surface area contributed by atoms with Gasteiger partial charge in [0.05, 0.1) is 11.7 Å². The van der Waals surface area contributed by atoms with Gasteiger partial charge >= 0.3 is 0 Å². The Labute approximate surface area is 111 Å². The molecule has 2 rings (SSSR count). The first-order valence-corrected chi connectivity index (χ1v) is 6.88. The van der Waals surface area contributed by atoms with E-state index >= 15 is 0 Å². The number of rotatable bonds is 2. The summed E-state index contributed by atoms with van der Waals surface area (Å²) >= 11 is 0. The van der Waals surface area contributed by atoms with Gasteiger partial charge in [-0.15, -0.1) is 0 Å². The first-order chi connectivity index (χ1) is 8.42. The van der Waals surface area contributed by atoms with Crippen molar-refractivity contribution in [3.8, 4) is 0 Å². The number of ether oxygens (including phenoxy) is 1. The molecule has 0 aliphatic carbocycles. The lowest BCUT2D eigenvalue weighted by atomic mass is 9.89. The summed E-state index contributed by atoms with van der Waals surface area (Å²) in [6, 6.07) is 6.62. The average Bonchev–Trinajstić information content (AvgIpc) is 2.28. The Bertz CT molecular complexity index is 427. The van der Waals surface area contributed by atoms with Crippen molar-refractivity contribution >= 4 is 0 Å². The van der Waals surface area contributed by atoms with E-state index in [0.717, 1.165) is 13.1 Å². The van der Waals surface area contributed by atoms with Gasteiger partial charge in [-0.1, -0.05) is 37.6 Å². The highest BCUT2D eigenvalue weighted by molar-refractivity contribution is 5.32. The molecule has 2 nitrogen and oxygen atoms in total. The molecule has 0 aromatic heterocycles. The van der Waals surface area contributed by atoms with Gasteiger partial charge in [0.1, 0.15) is 0 Å². The van der Waals surface area contributed by atoms with Gasteiger partial charge in [0.25, 0.3) is 0 Å². The largest absolute Gasteiger partial charge is 0.364 e. The first kappa shape index (κ1) is 13.6. The zero-order chi connectivity index (χ0) is 13.3. The van der Waals surface area contributed by atoms with E-state index in [2.05, 4.69) is 58.1 Å². The predicted octanol–water partition coefficient (Wildman–Crippen LogP) is 3.38. The van der Waals surface area contributed by atoms with Crippen molar-refractivity contribution in [2.24, 2.45) is 5.92 Å². The Balaban J connectivity index is 2.23. The van der Waals surface area contributed by atoms with Gasteiger partial charge in [-0.25, -0.2) is 0 Å². The van der Waals surface area contributed by atoms with Gasteiger partial charge in [-0.3, -0.25) is 0 Å². The first-order valence-electron chi connectivity index (χ1n) is 6.88. The van der Waals surface area contributed by atoms with Crippen LogP contribution >= 0.6 is 0 Å². The highest BCUT2D eigenvalue weighted by Crippen LogP contribution is 2.33. The summed E-state index contributed by atoms with van der Waals surface area (Å²) in [5, 5.41) is 3.52. The molecule has 1 saturated heterocycles. The molecular weight excluding hydrogens is 222 g/mol. The summed E-state index contributed by atoms with van der Waals surface area (Å²) in [5.74, 6) is 0.513. The lowest BCUT2D eigenvalue weighted by Gasteiger charge is -2.42. The molecule has 2 unspecified atom stereocenters. The van der Waals surface area contributed by atoms with Crippen LogP contribution in [0.25, 0.3) is 0 Å². The molecule has 0 spiro atoms. The Morgan fingerprint density at radius 2 is 2.06 bits per heavy atom. The minimum atomic E-state index is -0.0692. The maximum atomic E-state index is 6.38. The van der Waals surface area contributed by atoms with E-state index in [1.807, 2.05) is 0 Å². The van der Waals surface area contributed by atoms with E-state index in [1.165, 1.54) is 16.7 Å². The van der Waals surface area contributed by atoms with Gasteiger partial charge in [-0.05, 0) is 37.8 Å². The van der Waals surface area contributed by atoms with Crippen LogP contribution < -0.4 is 5.32 Å². The maximum absolute atomic E-state index is 6.38. The highest BCUT2D eigenvalue weighted by atomic mass is 16.5. The highest BCUT2D eigenvalue weighted by Gasteiger charge is 2.36. The number of benzene rings is 1. The molecule has 1 N–H and O–H groups in total. The molecule has 1 aromatic carbocycles. The summed E-state index contributed by atoms with van der Waals surface area (Å²) in [6.45, 7) is 12.8. The molecule has 0 bridgehead atoms. The molecule has 1 heterocycles. The smallest absolute Gasteiger partial charge is 0.0959 e. The summed E-state index contributed by atoms with van der Waals surface area (Å²) < 4.78 is 6.38. The van der Waals surface area contributed by atoms with E-state index in [-0.39, 0.29) is 11.7 Å². The minimum absolute atomic E-state index is 0.0692. The van der Waals surface area contributed by atoms with Crippen LogP contribution in [-0.2, 0) is 4.74 Å². The second kappa shape index (κ2) is 5.02. The van der Waals surface area contributed by atoms with Crippen LogP contribution in [0.1, 0.15) is 43.6 Å². The standard InChI is InChI=1S/C16H25NO/c1-11(2)16(5)10-17-9-15(18-16)14-7-6-12(3)8-13(14)4/h6-8,11,15,17H,9-10H2,1-5H3. The molecule has 0 radical (unpaired) electrons. The second-order valence-corrected chi connectivity index (χ2v) is 6.06. The van der Waals surface area contributed by atoms with Crippen LogP contribution in [0, 0.1) is 19.8 Å². The lowest BCUT2D eigenvalue weighted by Crippen LogP contribution is -2.52. The van der Waals surface area contributed by atoms with Gasteiger partial charge in [0, 0.05) is 13.1 Å². The molecule has 1 fully saturated rings. The average molecular weight is 247 g/mol. The maximum Gasteiger partial charge on any atom is 0.0959 e. The molecule has 0 saturated carbocycles. The zero-order valence-corrected chi connectivity index (χ0v) is 12.2. The van der Waals surface area contributed by atoms with Gasteiger partial charge in [-0.2, -0.15) is 0 Å². The fourth-order valence-corrected chi connectivity index (χ4v) is 2.56. The number of hydrogen-bond donors (Lipinski definition) is 1. The van der Waals surface area contributed by atoms with Crippen molar-refractivity contribution in [1.29, 1.82) is 0 Å². The quantitative estimate of drug-likeness (QED) is 0.865. The van der Waals surface area contributed by atoms with Gasteiger partial charge in [0.2, 0.25) is 0 Å². The third-order valence-corrected chi connectivity index (χ3v) is 4.21. The number of aryl methyl sites for hydroxylation is 2. The molecule has 2 heteroatoms. The zero-order valence-electron chi connectivity index (χ0n) is 12.2. The minimum Gasteiger partial charge on any atom is -0.364 e. The third-order valence-electron chi connectivity index (χ3n) is 4.21. The second-order valence-electron chi connectivity index (χ2n) is 6.06. The van der Waals surface area contributed by atoms with E-state index in [4.69, 9.17) is 4.74 Å². The SMILES string of the molecule is Cc1ccc(C2CNCC(C)(C(C)C)O2)c(C)c1. The summed E-state index contributed by atoms with van der Waals surface area (Å²) in [6.07, 6.45) is 0.173. The summed E-state index contributed by atoms with van der Waals surface area (Å²) in [7, 11) is 0. The van der Waals surface area contributed by atoms with E-state index in [1.54, 1.807) is 0 Å². The Hall–Kier alpha value is -0.860. The van der Waals surface area contributed by atoms with Gasteiger partial charge < -0.3 is 10.1 Å². The third kappa shape index (κ3) is 2.60. The Morgan fingerprint density at radius 3 is 2.67 bits per heavy atom. The van der Waals surface area contributed by atoms with Crippen molar-refractivity contribution in [2.75, 3.05) is 13.1 Å². The lowest BCUT2D eigenvalue weighted by molar-refractivity contribution is -0.132. The molecule has 1 aliphatic heterocycles. The normalized spacial score (nSPS) is 28.7. The molecule has 1 aliphatic rings. The van der Waals surface area contributed by atoms with Crippen LogP contribution in [0.5, 0.6) is 0 Å². The molecule has 2 atom stereocenters. The topological polar surface area (TPSA) is 21.3 Å². The van der Waals surface area contributed by atoms with Crippen molar-refractivity contribution < 1.29 is 4.74 Å². The molecule has 18 heavy (non-hydrogen) atoms. The molecule has 100 valence electrons. The van der Waals surface area contributed by atoms with E-state index in [0.29, 0.717) is 5.92 Å². The molecule has 0 amide bonds. The van der Waals surface area contributed by atoms with Crippen molar-refractivity contribution in [3.05, 3.63) is 34.9 Å². The van der Waals surface area contributed by atoms with Crippen LogP contribution in [0.15, 0.2) is 18.2 Å². The number of nitrogens with one attached hydrogen (secondary N) is 1. The number of hydrogen-bond acceptors (Lipinski definition) is 2. The monoisotopic (exact) mass is 247 g/mol. The Kier molecular flexibility index (Phi) is 3.79. The van der Waals surface area contributed by atoms with Crippen molar-refractivity contribution in [3.63, 3.8) is 0 Å². The summed E-state index contributed by atoms with van der Waals surface area (Å²) in [5.41, 5.74) is 3.89. The fraction of sp³-hybridized carbons (Fsp3) is 0.625. The van der Waals surface area contributed by atoms with Crippen molar-refractivity contribution in [1.82, 2.24) is 5.32 Å². The van der Waals surface area contributed by atoms with E-state index in [9.17, 15) is 0 Å². The fourth-order valence-electron chi connectivity index (χ4n) is 2.56. The van der Waals surface area contributed by atoms with Crippen LogP contribution in [0.2, 0.25) is 0 Å². The van der Waals surface area contributed by atoms with Crippen LogP contribution in [-0.4, -0.2) is 18.7 Å². The van der Waals surface area contributed by atoms with Crippen LogP contribution in [0.4, 0.5) is 0 Å².